The average molecular weight is 356 g/mol. The molecule has 4 rings (SSSR count). The van der Waals surface area contributed by atoms with Crippen LogP contribution in [-0.4, -0.2) is 29.5 Å². The summed E-state index contributed by atoms with van der Waals surface area (Å²) in [4.78, 5) is 28.5. The second-order valence-electron chi connectivity index (χ2n) is 6.36. The zero-order chi connectivity index (χ0) is 17.4. The van der Waals surface area contributed by atoms with Crippen LogP contribution in [0.5, 0.6) is 0 Å². The number of amides is 3. The topological polar surface area (TPSA) is 52.7 Å². The van der Waals surface area contributed by atoms with E-state index in [9.17, 15) is 9.59 Å². The number of nitrogens with one attached hydrogen (secondary N) is 1. The van der Waals surface area contributed by atoms with Crippen LogP contribution in [0.1, 0.15) is 17.5 Å². The second-order valence-corrected chi connectivity index (χ2v) is 6.80. The number of carbonyl (C=O) groups excluding carboxylic acids is 2. The number of nitrogens with zero attached hydrogens (tertiary/aromatic N) is 2. The van der Waals surface area contributed by atoms with Gasteiger partial charge in [0, 0.05) is 18.1 Å². The summed E-state index contributed by atoms with van der Waals surface area (Å²) in [5.41, 5.74) is 3.14. The molecule has 1 saturated heterocycles. The number of urea groups is 1. The van der Waals surface area contributed by atoms with E-state index in [4.69, 9.17) is 11.6 Å². The van der Waals surface area contributed by atoms with Crippen molar-refractivity contribution in [3.05, 3.63) is 64.7 Å². The fourth-order valence-electron chi connectivity index (χ4n) is 3.48. The van der Waals surface area contributed by atoms with Crippen LogP contribution in [0, 0.1) is 0 Å². The molecule has 0 aromatic heterocycles. The molecule has 2 heterocycles. The highest BCUT2D eigenvalue weighted by atomic mass is 35.5. The standard InChI is InChI=1S/C19H18ClN3O2/c20-15-5-7-16(8-6-15)23-18(24)11-17(21-19(23)25)22-10-9-13-3-1-2-4-14(13)12-22/h1-8,17H,9-12H2,(H,21,25). The fourth-order valence-corrected chi connectivity index (χ4v) is 3.61. The maximum absolute atomic E-state index is 12.6. The molecule has 0 aliphatic carbocycles. The first-order chi connectivity index (χ1) is 12.1. The van der Waals surface area contributed by atoms with Crippen LogP contribution in [0.3, 0.4) is 0 Å². The van der Waals surface area contributed by atoms with Gasteiger partial charge in [0.05, 0.1) is 18.3 Å². The Kier molecular flexibility index (Phi) is 4.19. The first kappa shape index (κ1) is 16.1. The molecule has 1 atom stereocenters. The van der Waals surface area contributed by atoms with Gasteiger partial charge in [-0.1, -0.05) is 35.9 Å². The third-order valence-corrected chi connectivity index (χ3v) is 5.05. The Balaban J connectivity index is 1.50. The Morgan fingerprint density at radius 2 is 1.72 bits per heavy atom. The highest BCUT2D eigenvalue weighted by Crippen LogP contribution is 2.25. The van der Waals surface area contributed by atoms with E-state index in [0.29, 0.717) is 10.7 Å². The summed E-state index contributed by atoms with van der Waals surface area (Å²) < 4.78 is 0. The van der Waals surface area contributed by atoms with E-state index in [1.807, 2.05) is 12.1 Å². The lowest BCUT2D eigenvalue weighted by atomic mass is 9.99. The van der Waals surface area contributed by atoms with E-state index < -0.39 is 0 Å². The van der Waals surface area contributed by atoms with Crippen LogP contribution in [0.2, 0.25) is 5.02 Å². The van der Waals surface area contributed by atoms with Crippen molar-refractivity contribution in [1.82, 2.24) is 10.2 Å². The second kappa shape index (κ2) is 6.50. The summed E-state index contributed by atoms with van der Waals surface area (Å²) >= 11 is 5.88. The molecule has 1 N–H and O–H groups in total. The van der Waals surface area contributed by atoms with Crippen molar-refractivity contribution in [3.8, 4) is 0 Å². The van der Waals surface area contributed by atoms with Gasteiger partial charge in [0.15, 0.2) is 0 Å². The first-order valence-electron chi connectivity index (χ1n) is 8.32. The van der Waals surface area contributed by atoms with Crippen molar-refractivity contribution < 1.29 is 9.59 Å². The van der Waals surface area contributed by atoms with Gasteiger partial charge in [-0.25, -0.2) is 9.69 Å². The van der Waals surface area contributed by atoms with Crippen LogP contribution in [0.4, 0.5) is 10.5 Å². The molecule has 0 bridgehead atoms. The van der Waals surface area contributed by atoms with Crippen LogP contribution in [-0.2, 0) is 17.8 Å². The van der Waals surface area contributed by atoms with Crippen LogP contribution in [0.15, 0.2) is 48.5 Å². The van der Waals surface area contributed by atoms with Crippen molar-refractivity contribution in [2.24, 2.45) is 0 Å². The number of hydrogen-bond donors (Lipinski definition) is 1. The van der Waals surface area contributed by atoms with Crippen LogP contribution in [0.25, 0.3) is 0 Å². The minimum Gasteiger partial charge on any atom is -0.321 e. The normalized spacial score (nSPS) is 21.0. The van der Waals surface area contributed by atoms with E-state index >= 15 is 0 Å². The van der Waals surface area contributed by atoms with E-state index in [1.165, 1.54) is 16.0 Å². The zero-order valence-electron chi connectivity index (χ0n) is 13.6. The van der Waals surface area contributed by atoms with Crippen molar-refractivity contribution >= 4 is 29.2 Å². The predicted octanol–water partition coefficient (Wildman–Crippen LogP) is 3.17. The molecular weight excluding hydrogens is 338 g/mol. The minimum absolute atomic E-state index is 0.199. The Labute approximate surface area is 151 Å². The molecule has 2 aliphatic heterocycles. The summed E-state index contributed by atoms with van der Waals surface area (Å²) in [6.45, 7) is 1.57. The number of hydrogen-bond acceptors (Lipinski definition) is 3. The quantitative estimate of drug-likeness (QED) is 0.900. The highest BCUT2D eigenvalue weighted by Gasteiger charge is 2.36. The lowest BCUT2D eigenvalue weighted by Gasteiger charge is -2.40. The molecule has 1 fully saturated rings. The highest BCUT2D eigenvalue weighted by molar-refractivity contribution is 6.30. The van der Waals surface area contributed by atoms with E-state index in [0.717, 1.165) is 19.5 Å². The molecule has 1 unspecified atom stereocenters. The number of halogens is 1. The van der Waals surface area contributed by atoms with E-state index in [1.54, 1.807) is 24.3 Å². The Hall–Kier alpha value is -2.37. The molecular formula is C19H18ClN3O2. The predicted molar refractivity (Wildman–Crippen MR) is 96.4 cm³/mol. The smallest absolute Gasteiger partial charge is 0.321 e. The molecule has 2 aliphatic rings. The largest absolute Gasteiger partial charge is 0.329 e. The van der Waals surface area contributed by atoms with Gasteiger partial charge in [0.1, 0.15) is 0 Å². The van der Waals surface area contributed by atoms with Gasteiger partial charge in [0.25, 0.3) is 0 Å². The molecule has 5 nitrogen and oxygen atoms in total. The number of carbonyl (C=O) groups is 2. The van der Waals surface area contributed by atoms with E-state index in [2.05, 4.69) is 22.3 Å². The van der Waals surface area contributed by atoms with Gasteiger partial charge < -0.3 is 5.32 Å². The van der Waals surface area contributed by atoms with Gasteiger partial charge in [-0.3, -0.25) is 9.69 Å². The van der Waals surface area contributed by atoms with Crippen molar-refractivity contribution in [2.45, 2.75) is 25.6 Å². The van der Waals surface area contributed by atoms with Crippen LogP contribution >= 0.6 is 11.6 Å². The molecule has 0 saturated carbocycles. The molecule has 2 aromatic rings. The molecule has 25 heavy (non-hydrogen) atoms. The van der Waals surface area contributed by atoms with Gasteiger partial charge in [-0.05, 0) is 41.8 Å². The molecule has 2 aromatic carbocycles. The summed E-state index contributed by atoms with van der Waals surface area (Å²) in [7, 11) is 0. The number of anilines is 1. The molecule has 0 spiro atoms. The third-order valence-electron chi connectivity index (χ3n) is 4.80. The summed E-state index contributed by atoms with van der Waals surface area (Å²) in [6, 6.07) is 14.6. The number of rotatable bonds is 2. The molecule has 6 heteroatoms. The van der Waals surface area contributed by atoms with Crippen LogP contribution < -0.4 is 10.2 Å². The number of fused-ring (bicyclic) bond motifs is 1. The Morgan fingerprint density at radius 1 is 1.00 bits per heavy atom. The van der Waals surface area contributed by atoms with Gasteiger partial charge in [0.2, 0.25) is 5.91 Å². The fraction of sp³-hybridized carbons (Fsp3) is 0.263. The zero-order valence-corrected chi connectivity index (χ0v) is 14.4. The van der Waals surface area contributed by atoms with Crippen molar-refractivity contribution in [2.75, 3.05) is 11.4 Å². The maximum atomic E-state index is 12.6. The Morgan fingerprint density at radius 3 is 2.44 bits per heavy atom. The molecule has 3 amide bonds. The molecule has 128 valence electrons. The lowest BCUT2D eigenvalue weighted by molar-refractivity contribution is -0.120. The van der Waals surface area contributed by atoms with Gasteiger partial charge in [-0.15, -0.1) is 0 Å². The maximum Gasteiger partial charge on any atom is 0.329 e. The Bertz CT molecular complexity index is 804. The van der Waals surface area contributed by atoms with Crippen molar-refractivity contribution in [1.29, 1.82) is 0 Å². The molecule has 0 radical (unpaired) electrons. The first-order valence-corrected chi connectivity index (χ1v) is 8.69. The monoisotopic (exact) mass is 355 g/mol. The third kappa shape index (κ3) is 3.13. The number of benzene rings is 2. The minimum atomic E-state index is -0.387. The lowest BCUT2D eigenvalue weighted by Crippen LogP contribution is -2.61. The SMILES string of the molecule is O=C1CC(N2CCc3ccccc3C2)NC(=O)N1c1ccc(Cl)cc1. The summed E-state index contributed by atoms with van der Waals surface area (Å²) in [5.74, 6) is -0.199. The average Bonchev–Trinajstić information content (AvgIpc) is 2.62. The van der Waals surface area contributed by atoms with E-state index in [-0.39, 0.29) is 24.5 Å². The summed E-state index contributed by atoms with van der Waals surface area (Å²) in [6.07, 6.45) is 0.922. The van der Waals surface area contributed by atoms with Gasteiger partial charge >= 0.3 is 6.03 Å². The van der Waals surface area contributed by atoms with Gasteiger partial charge in [-0.2, -0.15) is 0 Å². The van der Waals surface area contributed by atoms with Crippen molar-refractivity contribution in [3.63, 3.8) is 0 Å². The number of imide groups is 1. The summed E-state index contributed by atoms with van der Waals surface area (Å²) in [5, 5.41) is 3.54.